The van der Waals surface area contributed by atoms with Crippen LogP contribution in [0, 0.1) is 18.8 Å². The van der Waals surface area contributed by atoms with E-state index < -0.39 is 0 Å². The van der Waals surface area contributed by atoms with E-state index in [1.54, 1.807) is 13.0 Å². The molecule has 0 aliphatic carbocycles. The number of nitrogens with zero attached hydrogens (tertiary/aromatic N) is 3. The van der Waals surface area contributed by atoms with Crippen molar-refractivity contribution in [3.63, 3.8) is 0 Å². The van der Waals surface area contributed by atoms with E-state index in [2.05, 4.69) is 15.5 Å². The number of carbonyl (C=O) groups excluding carboxylic acids is 1. The van der Waals surface area contributed by atoms with Gasteiger partial charge in [0.2, 0.25) is 11.7 Å². The number of benzene rings is 1. The van der Waals surface area contributed by atoms with Gasteiger partial charge in [-0.25, -0.2) is 0 Å². The Balaban J connectivity index is 1.47. The van der Waals surface area contributed by atoms with Crippen molar-refractivity contribution in [1.29, 1.82) is 0 Å². The van der Waals surface area contributed by atoms with Gasteiger partial charge >= 0.3 is 0 Å². The van der Waals surface area contributed by atoms with Gasteiger partial charge in [0, 0.05) is 33.1 Å². The third-order valence-electron chi connectivity index (χ3n) is 4.72. The second-order valence-corrected chi connectivity index (χ2v) is 6.40. The first-order chi connectivity index (χ1) is 11.7. The minimum atomic E-state index is 0.0318. The van der Waals surface area contributed by atoms with Gasteiger partial charge in [0.05, 0.1) is 5.56 Å². The molecule has 2 aliphatic rings. The maximum Gasteiger partial charge on any atom is 0.257 e. The van der Waals surface area contributed by atoms with E-state index in [9.17, 15) is 4.79 Å². The molecule has 0 spiro atoms. The molecule has 24 heavy (non-hydrogen) atoms. The lowest BCUT2D eigenvalue weighted by Gasteiger charge is -2.19. The van der Waals surface area contributed by atoms with Gasteiger partial charge in [-0.3, -0.25) is 4.79 Å². The Bertz CT molecular complexity index is 733. The Morgan fingerprint density at radius 3 is 2.79 bits per heavy atom. The first kappa shape index (κ1) is 15.1. The number of nitrogens with one attached hydrogen (secondary N) is 1. The van der Waals surface area contributed by atoms with Gasteiger partial charge in [0.15, 0.2) is 6.61 Å². The summed E-state index contributed by atoms with van der Waals surface area (Å²) in [5.41, 5.74) is 0.589. The van der Waals surface area contributed by atoms with Gasteiger partial charge in [-0.2, -0.15) is 4.98 Å². The van der Waals surface area contributed by atoms with Crippen molar-refractivity contribution in [1.82, 2.24) is 20.4 Å². The van der Waals surface area contributed by atoms with E-state index in [0.717, 1.165) is 26.2 Å². The number of hydrogen-bond acceptors (Lipinski definition) is 6. The van der Waals surface area contributed by atoms with Crippen LogP contribution in [0.2, 0.25) is 0 Å². The lowest BCUT2D eigenvalue weighted by atomic mass is 10.0. The number of likely N-dealkylation sites (tertiary alicyclic amines) is 1. The molecule has 2 saturated heterocycles. The first-order valence-electron chi connectivity index (χ1n) is 8.21. The van der Waals surface area contributed by atoms with Crippen LogP contribution in [0.1, 0.15) is 22.1 Å². The maximum absolute atomic E-state index is 12.9. The molecule has 0 saturated carbocycles. The quantitative estimate of drug-likeness (QED) is 0.910. The molecule has 1 amide bonds. The number of aryl methyl sites for hydroxylation is 1. The van der Waals surface area contributed by atoms with Crippen molar-refractivity contribution in [2.24, 2.45) is 11.8 Å². The minimum Gasteiger partial charge on any atom is -0.485 e. The minimum absolute atomic E-state index is 0.0318. The molecule has 1 N–H and O–H groups in total. The number of para-hydroxylation sites is 1. The summed E-state index contributed by atoms with van der Waals surface area (Å²) in [6.07, 6.45) is 0. The first-order valence-corrected chi connectivity index (χ1v) is 8.21. The van der Waals surface area contributed by atoms with Gasteiger partial charge in [0.1, 0.15) is 5.75 Å². The predicted octanol–water partition coefficient (Wildman–Crippen LogP) is 1.25. The van der Waals surface area contributed by atoms with Crippen LogP contribution in [0.3, 0.4) is 0 Å². The number of fused-ring (bicyclic) bond motifs is 1. The second kappa shape index (κ2) is 6.24. The zero-order valence-corrected chi connectivity index (χ0v) is 13.6. The lowest BCUT2D eigenvalue weighted by Crippen LogP contribution is -2.32. The molecule has 1 aromatic heterocycles. The highest BCUT2D eigenvalue weighted by Crippen LogP contribution is 2.29. The summed E-state index contributed by atoms with van der Waals surface area (Å²) in [7, 11) is 0. The van der Waals surface area contributed by atoms with Gasteiger partial charge in [-0.05, 0) is 24.0 Å². The van der Waals surface area contributed by atoms with E-state index in [-0.39, 0.29) is 12.5 Å². The SMILES string of the molecule is Cc1nc(COc2ccccc2C(=O)N2C[C@H]3CNC[C@H]3C2)no1. The summed E-state index contributed by atoms with van der Waals surface area (Å²) < 4.78 is 10.7. The molecule has 2 aliphatic heterocycles. The summed E-state index contributed by atoms with van der Waals surface area (Å²) >= 11 is 0. The van der Waals surface area contributed by atoms with Crippen LogP contribution in [-0.2, 0) is 6.61 Å². The second-order valence-electron chi connectivity index (χ2n) is 6.40. The fourth-order valence-corrected chi connectivity index (χ4v) is 3.50. The number of amides is 1. The normalized spacial score (nSPS) is 22.6. The molecule has 3 heterocycles. The highest BCUT2D eigenvalue weighted by molar-refractivity contribution is 5.97. The van der Waals surface area contributed by atoms with E-state index in [0.29, 0.717) is 34.9 Å². The van der Waals surface area contributed by atoms with E-state index in [4.69, 9.17) is 9.26 Å². The van der Waals surface area contributed by atoms with Crippen molar-refractivity contribution in [3.05, 3.63) is 41.5 Å². The molecule has 126 valence electrons. The fourth-order valence-electron chi connectivity index (χ4n) is 3.50. The summed E-state index contributed by atoms with van der Waals surface area (Å²) in [6, 6.07) is 7.33. The average Bonchev–Trinajstić information content (AvgIpc) is 3.28. The summed E-state index contributed by atoms with van der Waals surface area (Å²) in [4.78, 5) is 18.9. The van der Waals surface area contributed by atoms with E-state index >= 15 is 0 Å². The van der Waals surface area contributed by atoms with Gasteiger partial charge in [-0.15, -0.1) is 0 Å². The van der Waals surface area contributed by atoms with Crippen molar-refractivity contribution < 1.29 is 14.1 Å². The maximum atomic E-state index is 12.9. The molecule has 2 atom stereocenters. The van der Waals surface area contributed by atoms with Gasteiger partial charge < -0.3 is 19.5 Å². The van der Waals surface area contributed by atoms with Crippen LogP contribution >= 0.6 is 0 Å². The predicted molar refractivity (Wildman–Crippen MR) is 85.6 cm³/mol. The summed E-state index contributed by atoms with van der Waals surface area (Å²) in [5.74, 6) is 2.70. The molecular formula is C17H20N4O3. The zero-order valence-electron chi connectivity index (χ0n) is 13.6. The van der Waals surface area contributed by atoms with Crippen LogP contribution in [0.15, 0.2) is 28.8 Å². The smallest absolute Gasteiger partial charge is 0.257 e. The van der Waals surface area contributed by atoms with E-state index in [1.807, 2.05) is 23.1 Å². The van der Waals surface area contributed by atoms with Crippen molar-refractivity contribution in [2.45, 2.75) is 13.5 Å². The third-order valence-corrected chi connectivity index (χ3v) is 4.72. The number of aromatic nitrogens is 2. The van der Waals surface area contributed by atoms with Crippen molar-refractivity contribution in [2.75, 3.05) is 26.2 Å². The third kappa shape index (κ3) is 2.87. The Labute approximate surface area is 140 Å². The number of rotatable bonds is 4. The Morgan fingerprint density at radius 2 is 2.08 bits per heavy atom. The highest BCUT2D eigenvalue weighted by atomic mass is 16.5. The number of ether oxygens (including phenoxy) is 1. The molecule has 2 aromatic rings. The molecule has 7 nitrogen and oxygen atoms in total. The van der Waals surface area contributed by atoms with Crippen LogP contribution < -0.4 is 10.1 Å². The number of carbonyl (C=O) groups is 1. The largest absolute Gasteiger partial charge is 0.485 e. The Morgan fingerprint density at radius 1 is 1.33 bits per heavy atom. The molecule has 7 heteroatoms. The summed E-state index contributed by atoms with van der Waals surface area (Å²) in [6.45, 7) is 5.54. The topological polar surface area (TPSA) is 80.5 Å². The summed E-state index contributed by atoms with van der Waals surface area (Å²) in [5, 5.41) is 7.20. The zero-order chi connectivity index (χ0) is 16.5. The molecule has 1 aromatic carbocycles. The Hall–Kier alpha value is -2.41. The highest BCUT2D eigenvalue weighted by Gasteiger charge is 2.38. The standard InChI is InChI=1S/C17H20N4O3/c1-11-19-16(20-24-11)10-23-15-5-3-2-4-14(15)17(22)21-8-12-6-18-7-13(12)9-21/h2-5,12-13,18H,6-10H2,1H3/t12-,13+. The molecule has 2 fully saturated rings. The van der Waals surface area contributed by atoms with Crippen LogP contribution in [0.5, 0.6) is 5.75 Å². The molecule has 4 rings (SSSR count). The fraction of sp³-hybridized carbons (Fsp3) is 0.471. The number of hydrogen-bond donors (Lipinski definition) is 1. The van der Waals surface area contributed by atoms with Crippen LogP contribution in [-0.4, -0.2) is 47.1 Å². The van der Waals surface area contributed by atoms with Crippen LogP contribution in [0.4, 0.5) is 0 Å². The van der Waals surface area contributed by atoms with Crippen molar-refractivity contribution in [3.8, 4) is 5.75 Å². The van der Waals surface area contributed by atoms with Gasteiger partial charge in [0.25, 0.3) is 5.91 Å². The Kier molecular flexibility index (Phi) is 3.93. The van der Waals surface area contributed by atoms with E-state index in [1.165, 1.54) is 0 Å². The molecular weight excluding hydrogens is 308 g/mol. The monoisotopic (exact) mass is 328 g/mol. The van der Waals surface area contributed by atoms with Crippen molar-refractivity contribution >= 4 is 5.91 Å². The molecule has 0 bridgehead atoms. The molecule has 0 unspecified atom stereocenters. The average molecular weight is 328 g/mol. The molecule has 0 radical (unpaired) electrons. The van der Waals surface area contributed by atoms with Gasteiger partial charge in [-0.1, -0.05) is 17.3 Å². The van der Waals surface area contributed by atoms with Crippen LogP contribution in [0.25, 0.3) is 0 Å². The lowest BCUT2D eigenvalue weighted by molar-refractivity contribution is 0.0776.